The van der Waals surface area contributed by atoms with E-state index in [0.29, 0.717) is 10.7 Å². The van der Waals surface area contributed by atoms with Gasteiger partial charge in [-0.25, -0.2) is 4.21 Å². The number of nitrogens with one attached hydrogen (secondary N) is 1. The molecule has 3 rings (SSSR count). The fraction of sp³-hybridized carbons (Fsp3) is 0.412. The van der Waals surface area contributed by atoms with E-state index in [4.69, 9.17) is 5.64 Å². The van der Waals surface area contributed by atoms with E-state index in [-0.39, 0.29) is 12.0 Å². The molecular weight excluding hydrogens is 349 g/mol. The number of nitriles is 1. The molecule has 0 amide bonds. The molecule has 2 aromatic rings. The van der Waals surface area contributed by atoms with Crippen molar-refractivity contribution in [2.24, 2.45) is 11.6 Å². The third-order valence-electron chi connectivity index (χ3n) is 4.83. The predicted octanol–water partition coefficient (Wildman–Crippen LogP) is 1.97. The van der Waals surface area contributed by atoms with Gasteiger partial charge in [-0.2, -0.15) is 10.4 Å². The maximum atomic E-state index is 11.2. The quantitative estimate of drug-likeness (QED) is 0.547. The molecule has 1 aromatic heterocycles. The highest BCUT2D eigenvalue weighted by molar-refractivity contribution is 7.79. The molecule has 1 radical (unpaired) electrons. The van der Waals surface area contributed by atoms with Crippen LogP contribution in [0, 0.1) is 24.2 Å². The first-order valence-corrected chi connectivity index (χ1v) is 9.66. The lowest BCUT2D eigenvalue weighted by Gasteiger charge is -2.26. The van der Waals surface area contributed by atoms with Crippen LogP contribution < -0.4 is 16.4 Å². The Hall–Kier alpha value is -2.15. The first-order chi connectivity index (χ1) is 12.5. The molecule has 0 aliphatic heterocycles. The minimum atomic E-state index is -2.01. The fourth-order valence-electron chi connectivity index (χ4n) is 3.39. The van der Waals surface area contributed by atoms with Crippen LogP contribution in [0.25, 0.3) is 0 Å². The zero-order valence-electron chi connectivity index (χ0n) is 14.6. The van der Waals surface area contributed by atoms with Gasteiger partial charge in [0.2, 0.25) is 7.41 Å². The molecule has 3 atom stereocenters. The molecule has 3 unspecified atom stereocenters. The minimum Gasteiger partial charge on any atom is -0.370 e. The molecule has 4 N–H and O–H groups in total. The Kier molecular flexibility index (Phi) is 5.76. The second kappa shape index (κ2) is 8.04. The average Bonchev–Trinajstić information content (AvgIpc) is 3.06. The second-order valence-corrected chi connectivity index (χ2v) is 7.49. The Bertz CT molecular complexity index is 863. The summed E-state index contributed by atoms with van der Waals surface area (Å²) < 4.78 is 22.2. The number of nitrogens with zero attached hydrogens (tertiary/aromatic N) is 3. The van der Waals surface area contributed by atoms with Crippen LogP contribution in [0.15, 0.2) is 29.3 Å². The maximum Gasteiger partial charge on any atom is 0.248 e. The van der Waals surface area contributed by atoms with Crippen molar-refractivity contribution in [3.8, 4) is 6.07 Å². The van der Waals surface area contributed by atoms with Gasteiger partial charge < -0.3 is 15.5 Å². The number of aryl methyl sites for hydroxylation is 1. The zero-order valence-corrected chi connectivity index (χ0v) is 15.4. The molecule has 7 nitrogen and oxygen atoms in total. The van der Waals surface area contributed by atoms with E-state index in [9.17, 15) is 14.0 Å². The van der Waals surface area contributed by atoms with Gasteiger partial charge in [0.15, 0.2) is 11.1 Å². The Morgan fingerprint density at radius 3 is 2.88 bits per heavy atom. The molecule has 135 valence electrons. The number of rotatable bonds is 5. The number of benzene rings is 1. The van der Waals surface area contributed by atoms with E-state index >= 15 is 0 Å². The lowest BCUT2D eigenvalue weighted by Crippen LogP contribution is -2.25. The third kappa shape index (κ3) is 3.82. The van der Waals surface area contributed by atoms with Crippen molar-refractivity contribution in [2.75, 3.05) is 5.32 Å². The van der Waals surface area contributed by atoms with E-state index in [1.165, 1.54) is 7.41 Å². The molecule has 1 saturated carbocycles. The van der Waals surface area contributed by atoms with Crippen LogP contribution in [0.1, 0.15) is 37.3 Å². The molecule has 0 bridgehead atoms. The summed E-state index contributed by atoms with van der Waals surface area (Å²) in [5.74, 6) is 0.568. The van der Waals surface area contributed by atoms with Gasteiger partial charge in [0, 0.05) is 11.9 Å². The number of hydrogen-bond donors (Lipinski definition) is 3. The summed E-state index contributed by atoms with van der Waals surface area (Å²) in [6, 6.07) is 7.46. The summed E-state index contributed by atoms with van der Waals surface area (Å²) in [5.41, 5.74) is 8.12. The van der Waals surface area contributed by atoms with Crippen LogP contribution in [0.2, 0.25) is 0 Å². The molecule has 1 heterocycles. The van der Waals surface area contributed by atoms with E-state index in [1.54, 1.807) is 18.2 Å². The van der Waals surface area contributed by atoms with Crippen molar-refractivity contribution < 1.29 is 8.76 Å². The van der Waals surface area contributed by atoms with Crippen molar-refractivity contribution in [1.29, 1.82) is 5.26 Å². The number of hydrogen-bond acceptors (Lipinski definition) is 5. The van der Waals surface area contributed by atoms with Gasteiger partial charge in [-0.05, 0) is 49.0 Å². The van der Waals surface area contributed by atoms with Crippen molar-refractivity contribution in [3.05, 3.63) is 30.0 Å². The van der Waals surface area contributed by atoms with Crippen molar-refractivity contribution in [1.82, 2.24) is 9.78 Å². The normalized spacial score (nSPS) is 21.0. The van der Waals surface area contributed by atoms with Crippen LogP contribution in [0.5, 0.6) is 0 Å². The standard InChI is InChI=1S/C17H21BN5O2S/c1-11-8-13(26(24)25)6-7-15(11)21-17-14(18-20)10-23(22-17)16-5-3-2-4-12(16)9-19/h6-8,10,12,16H,2-5,20H2,1H3,(H,21,22)(H,24,25). The highest BCUT2D eigenvalue weighted by Crippen LogP contribution is 2.33. The molecule has 9 heteroatoms. The summed E-state index contributed by atoms with van der Waals surface area (Å²) in [4.78, 5) is 0.350. The maximum absolute atomic E-state index is 11.2. The van der Waals surface area contributed by atoms with Gasteiger partial charge in [-0.1, -0.05) is 12.8 Å². The predicted molar refractivity (Wildman–Crippen MR) is 102 cm³/mol. The molecular formula is C17H21BN5O2S. The zero-order chi connectivity index (χ0) is 18.7. The van der Waals surface area contributed by atoms with Crippen LogP contribution in [0.4, 0.5) is 11.5 Å². The molecule has 0 spiro atoms. The largest absolute Gasteiger partial charge is 0.370 e. The first kappa shape index (κ1) is 18.6. The number of aromatic nitrogens is 2. The van der Waals surface area contributed by atoms with E-state index in [0.717, 1.165) is 42.4 Å². The Balaban J connectivity index is 1.88. The Morgan fingerprint density at radius 1 is 1.46 bits per heavy atom. The van der Waals surface area contributed by atoms with E-state index < -0.39 is 11.1 Å². The van der Waals surface area contributed by atoms with Crippen LogP contribution in [-0.2, 0) is 11.1 Å². The number of nitrogens with two attached hydrogens (primary N) is 1. The minimum absolute atomic E-state index is 0.0392. The highest BCUT2D eigenvalue weighted by atomic mass is 32.2. The topological polar surface area (TPSA) is 117 Å². The fourth-order valence-corrected chi connectivity index (χ4v) is 3.85. The summed E-state index contributed by atoms with van der Waals surface area (Å²) >= 11 is -2.01. The Morgan fingerprint density at radius 2 is 2.23 bits per heavy atom. The van der Waals surface area contributed by atoms with Crippen LogP contribution in [-0.4, -0.2) is 26.0 Å². The monoisotopic (exact) mass is 370 g/mol. The van der Waals surface area contributed by atoms with Gasteiger partial charge in [-0.3, -0.25) is 4.68 Å². The van der Waals surface area contributed by atoms with Crippen molar-refractivity contribution >= 4 is 35.5 Å². The van der Waals surface area contributed by atoms with Gasteiger partial charge in [0.1, 0.15) is 5.82 Å². The lowest BCUT2D eigenvalue weighted by atomic mass is 9.85. The molecule has 0 saturated heterocycles. The van der Waals surface area contributed by atoms with Crippen molar-refractivity contribution in [2.45, 2.75) is 43.5 Å². The van der Waals surface area contributed by atoms with E-state index in [2.05, 4.69) is 16.5 Å². The lowest BCUT2D eigenvalue weighted by molar-refractivity contribution is 0.271. The molecule has 1 fully saturated rings. The first-order valence-electron chi connectivity index (χ1n) is 8.55. The summed E-state index contributed by atoms with van der Waals surface area (Å²) in [6.07, 6.45) is 5.86. The second-order valence-electron chi connectivity index (χ2n) is 6.52. The number of anilines is 2. The average molecular weight is 370 g/mol. The van der Waals surface area contributed by atoms with Gasteiger partial charge >= 0.3 is 0 Å². The molecule has 1 aromatic carbocycles. The van der Waals surface area contributed by atoms with Crippen LogP contribution in [0.3, 0.4) is 0 Å². The van der Waals surface area contributed by atoms with Gasteiger partial charge in [0.05, 0.1) is 22.9 Å². The summed E-state index contributed by atoms with van der Waals surface area (Å²) in [7, 11) is 1.49. The van der Waals surface area contributed by atoms with Crippen LogP contribution >= 0.6 is 0 Å². The molecule has 1 aliphatic rings. The highest BCUT2D eigenvalue weighted by Gasteiger charge is 2.28. The SMILES string of the molecule is Cc1cc(S(=O)O)ccc1Nc1nn(C2CCCCC2C#N)cc1[B]N. The summed E-state index contributed by atoms with van der Waals surface area (Å²) in [5, 5.41) is 17.3. The Labute approximate surface area is 156 Å². The van der Waals surface area contributed by atoms with Crippen molar-refractivity contribution in [3.63, 3.8) is 0 Å². The summed E-state index contributed by atoms with van der Waals surface area (Å²) in [6.45, 7) is 1.86. The third-order valence-corrected chi connectivity index (χ3v) is 5.48. The smallest absolute Gasteiger partial charge is 0.248 e. The van der Waals surface area contributed by atoms with E-state index in [1.807, 2.05) is 17.8 Å². The van der Waals surface area contributed by atoms with Gasteiger partial charge in [-0.15, -0.1) is 0 Å². The van der Waals surface area contributed by atoms with Gasteiger partial charge in [0.25, 0.3) is 0 Å². The molecule has 26 heavy (non-hydrogen) atoms. The molecule has 1 aliphatic carbocycles.